The zero-order valence-corrected chi connectivity index (χ0v) is 15.0. The van der Waals surface area contributed by atoms with E-state index in [0.29, 0.717) is 18.6 Å². The number of nitrogens with one attached hydrogen (secondary N) is 1. The van der Waals surface area contributed by atoms with E-state index in [4.69, 9.17) is 10.5 Å². The first-order valence-electron chi connectivity index (χ1n) is 9.24. The average molecular weight is 372 g/mol. The van der Waals surface area contributed by atoms with Gasteiger partial charge in [-0.25, -0.2) is 9.18 Å². The second-order valence-electron chi connectivity index (χ2n) is 7.66. The molecule has 1 saturated carbocycles. The van der Waals surface area contributed by atoms with Crippen LogP contribution in [0.2, 0.25) is 0 Å². The first-order valence-corrected chi connectivity index (χ1v) is 9.24. The van der Waals surface area contributed by atoms with Gasteiger partial charge in [-0.15, -0.1) is 0 Å². The van der Waals surface area contributed by atoms with Crippen LogP contribution in [0.4, 0.5) is 10.1 Å². The number of nitrogens with two attached hydrogens (primary N) is 1. The van der Waals surface area contributed by atoms with Gasteiger partial charge in [0, 0.05) is 37.2 Å². The number of fused-ring (bicyclic) bond motifs is 2. The summed E-state index contributed by atoms with van der Waals surface area (Å²) in [6.07, 6.45) is 4.65. The third-order valence-electron chi connectivity index (χ3n) is 5.98. The summed E-state index contributed by atoms with van der Waals surface area (Å²) >= 11 is 0. The minimum atomic E-state index is -0.588. The molecule has 2 heterocycles. The van der Waals surface area contributed by atoms with Crippen LogP contribution in [0, 0.1) is 11.7 Å². The van der Waals surface area contributed by atoms with Crippen molar-refractivity contribution in [2.75, 3.05) is 25.1 Å². The summed E-state index contributed by atoms with van der Waals surface area (Å²) in [4.78, 5) is 29.4. The lowest BCUT2D eigenvalue weighted by molar-refractivity contribution is 0.413. The number of methoxy groups -OCH3 is 1. The van der Waals surface area contributed by atoms with Gasteiger partial charge in [0.2, 0.25) is 0 Å². The number of H-pyrrole nitrogens is 1. The molecular formula is C19H21FN4O3. The van der Waals surface area contributed by atoms with Gasteiger partial charge >= 0.3 is 5.69 Å². The molecule has 2 aliphatic carbocycles. The summed E-state index contributed by atoms with van der Waals surface area (Å²) in [5, 5.41) is 0.174. The Morgan fingerprint density at radius 2 is 2.11 bits per heavy atom. The zero-order chi connectivity index (χ0) is 18.9. The molecule has 142 valence electrons. The average Bonchev–Trinajstić information content (AvgIpc) is 3.28. The molecule has 2 aromatic rings. The summed E-state index contributed by atoms with van der Waals surface area (Å²) in [7, 11) is 1.42. The molecule has 2 atom stereocenters. The van der Waals surface area contributed by atoms with Crippen LogP contribution in [-0.4, -0.2) is 35.8 Å². The van der Waals surface area contributed by atoms with E-state index >= 15 is 4.39 Å². The monoisotopic (exact) mass is 372 g/mol. The van der Waals surface area contributed by atoms with Gasteiger partial charge in [-0.05, 0) is 24.8 Å². The minimum Gasteiger partial charge on any atom is -0.494 e. The molecule has 0 radical (unpaired) electrons. The topological polar surface area (TPSA) is 93.3 Å². The fraction of sp³-hybridized carbons (Fsp3) is 0.474. The molecule has 0 bridgehead atoms. The van der Waals surface area contributed by atoms with Crippen molar-refractivity contribution in [3.8, 4) is 5.75 Å². The number of ether oxygens (including phenoxy) is 1. The first-order chi connectivity index (χ1) is 13.0. The van der Waals surface area contributed by atoms with Crippen LogP contribution in [0.15, 0.2) is 27.3 Å². The standard InChI is InChI=1S/C19H21FN4O3/c1-27-14-6-12(20)16(23-7-9-2-5-13(21)11(9)8-23)15-17(14)24(10-3-4-10)19(26)22-18(15)25/h2,6,10-11,13H,3-5,7-8,21H2,1H3,(H,22,25,26). The van der Waals surface area contributed by atoms with E-state index in [1.165, 1.54) is 18.7 Å². The highest BCUT2D eigenvalue weighted by Gasteiger charge is 2.38. The summed E-state index contributed by atoms with van der Waals surface area (Å²) in [5.41, 5.74) is 6.90. The van der Waals surface area contributed by atoms with Gasteiger partial charge in [0.15, 0.2) is 5.82 Å². The fourth-order valence-corrected chi connectivity index (χ4v) is 4.53. The maximum atomic E-state index is 15.1. The molecule has 1 aromatic heterocycles. The second-order valence-corrected chi connectivity index (χ2v) is 7.66. The smallest absolute Gasteiger partial charge is 0.329 e. The molecule has 1 saturated heterocycles. The molecule has 1 aliphatic heterocycles. The van der Waals surface area contributed by atoms with Crippen molar-refractivity contribution in [2.24, 2.45) is 11.7 Å². The van der Waals surface area contributed by atoms with Gasteiger partial charge in [-0.2, -0.15) is 0 Å². The highest BCUT2D eigenvalue weighted by Crippen LogP contribution is 2.43. The van der Waals surface area contributed by atoms with E-state index in [9.17, 15) is 9.59 Å². The molecular weight excluding hydrogens is 351 g/mol. The summed E-state index contributed by atoms with van der Waals surface area (Å²) in [6.45, 7) is 1.10. The van der Waals surface area contributed by atoms with E-state index in [0.717, 1.165) is 19.3 Å². The van der Waals surface area contributed by atoms with Gasteiger partial charge < -0.3 is 15.4 Å². The lowest BCUT2D eigenvalue weighted by Crippen LogP contribution is -2.33. The van der Waals surface area contributed by atoms with Crippen molar-refractivity contribution in [3.05, 3.63) is 44.4 Å². The Kier molecular flexibility index (Phi) is 3.49. The quantitative estimate of drug-likeness (QED) is 0.792. The van der Waals surface area contributed by atoms with Gasteiger partial charge in [-0.3, -0.25) is 14.3 Å². The highest BCUT2D eigenvalue weighted by atomic mass is 19.1. The summed E-state index contributed by atoms with van der Waals surface area (Å²) in [6, 6.07) is 1.32. The molecule has 27 heavy (non-hydrogen) atoms. The lowest BCUT2D eigenvalue weighted by Gasteiger charge is -2.24. The van der Waals surface area contributed by atoms with Crippen molar-refractivity contribution in [2.45, 2.75) is 31.3 Å². The Morgan fingerprint density at radius 1 is 1.33 bits per heavy atom. The van der Waals surface area contributed by atoms with Gasteiger partial charge in [0.25, 0.3) is 5.56 Å². The van der Waals surface area contributed by atoms with Crippen LogP contribution in [0.1, 0.15) is 25.3 Å². The predicted molar refractivity (Wildman–Crippen MR) is 100.0 cm³/mol. The van der Waals surface area contributed by atoms with Crippen LogP contribution in [0.3, 0.4) is 0 Å². The summed E-state index contributed by atoms with van der Waals surface area (Å²) in [5.74, 6) is -0.147. The van der Waals surface area contributed by atoms with E-state index in [2.05, 4.69) is 11.1 Å². The van der Waals surface area contributed by atoms with Crippen LogP contribution >= 0.6 is 0 Å². The highest BCUT2D eigenvalue weighted by molar-refractivity contribution is 5.96. The van der Waals surface area contributed by atoms with E-state index in [1.54, 1.807) is 4.57 Å². The zero-order valence-electron chi connectivity index (χ0n) is 15.0. The van der Waals surface area contributed by atoms with E-state index in [-0.39, 0.29) is 34.8 Å². The molecule has 8 heteroatoms. The molecule has 1 aromatic carbocycles. The molecule has 5 rings (SSSR count). The van der Waals surface area contributed by atoms with Crippen molar-refractivity contribution in [1.29, 1.82) is 0 Å². The number of nitrogens with zero attached hydrogens (tertiary/aromatic N) is 2. The van der Waals surface area contributed by atoms with E-state index < -0.39 is 17.1 Å². The molecule has 0 spiro atoms. The van der Waals surface area contributed by atoms with Gasteiger partial charge in [-0.1, -0.05) is 6.08 Å². The van der Waals surface area contributed by atoms with Crippen LogP contribution in [0.5, 0.6) is 5.75 Å². The predicted octanol–water partition coefficient (Wildman–Crippen LogP) is 1.27. The van der Waals surface area contributed by atoms with Crippen molar-refractivity contribution in [1.82, 2.24) is 9.55 Å². The number of anilines is 1. The Morgan fingerprint density at radius 3 is 2.78 bits per heavy atom. The normalized spacial score (nSPS) is 24.4. The van der Waals surface area contributed by atoms with Crippen molar-refractivity contribution < 1.29 is 9.13 Å². The summed E-state index contributed by atoms with van der Waals surface area (Å²) < 4.78 is 22.0. The lowest BCUT2D eigenvalue weighted by atomic mass is 10.0. The first kappa shape index (κ1) is 16.6. The maximum Gasteiger partial charge on any atom is 0.329 e. The van der Waals surface area contributed by atoms with Gasteiger partial charge in [0.1, 0.15) is 11.3 Å². The van der Waals surface area contributed by atoms with Crippen LogP contribution in [0.25, 0.3) is 10.9 Å². The minimum absolute atomic E-state index is 0.0122. The Labute approximate surface area is 154 Å². The third kappa shape index (κ3) is 2.36. The molecule has 3 N–H and O–H groups in total. The number of benzene rings is 1. The third-order valence-corrected chi connectivity index (χ3v) is 5.98. The molecule has 2 fully saturated rings. The number of rotatable bonds is 3. The van der Waals surface area contributed by atoms with Crippen LogP contribution < -0.4 is 26.6 Å². The molecule has 0 amide bonds. The number of hydrogen-bond donors (Lipinski definition) is 2. The largest absolute Gasteiger partial charge is 0.494 e. The van der Waals surface area contributed by atoms with E-state index in [1.807, 2.05) is 4.90 Å². The SMILES string of the molecule is COc1cc(F)c(N2CC3=CCC(N)C3C2)c2c(=O)[nH]c(=O)n(C3CC3)c12. The van der Waals surface area contributed by atoms with Crippen molar-refractivity contribution >= 4 is 16.6 Å². The Bertz CT molecular complexity index is 1100. The Balaban J connectivity index is 1.79. The molecule has 7 nitrogen and oxygen atoms in total. The van der Waals surface area contributed by atoms with Crippen LogP contribution in [-0.2, 0) is 0 Å². The number of hydrogen-bond acceptors (Lipinski definition) is 5. The number of aromatic nitrogens is 2. The van der Waals surface area contributed by atoms with Crippen molar-refractivity contribution in [3.63, 3.8) is 0 Å². The number of halogens is 1. The fourth-order valence-electron chi connectivity index (χ4n) is 4.53. The van der Waals surface area contributed by atoms with Gasteiger partial charge in [0.05, 0.1) is 18.2 Å². The second kappa shape index (κ2) is 5.69. The Hall–Kier alpha value is -2.61. The molecule has 3 aliphatic rings. The number of aromatic amines is 1. The molecule has 2 unspecified atom stereocenters. The maximum absolute atomic E-state index is 15.1.